The van der Waals surface area contributed by atoms with Crippen LogP contribution in [0.4, 0.5) is 11.5 Å². The average Bonchev–Trinajstić information content (AvgIpc) is 2.91. The molecule has 0 bridgehead atoms. The molecule has 1 aliphatic heterocycles. The molecule has 6 heteroatoms. The molecule has 176 valence electrons. The van der Waals surface area contributed by atoms with Crippen molar-refractivity contribution in [2.45, 2.75) is 19.8 Å². The molecule has 5 rings (SSSR count). The summed E-state index contributed by atoms with van der Waals surface area (Å²) in [5.41, 5.74) is 3.93. The van der Waals surface area contributed by atoms with Gasteiger partial charge in [-0.2, -0.15) is 0 Å². The lowest BCUT2D eigenvalue weighted by molar-refractivity contribution is -0.120. The number of carbonyl (C=O) groups is 1. The lowest BCUT2D eigenvalue weighted by Gasteiger charge is -2.31. The summed E-state index contributed by atoms with van der Waals surface area (Å²) >= 11 is 0. The van der Waals surface area contributed by atoms with Crippen LogP contribution in [0.1, 0.15) is 18.4 Å². The van der Waals surface area contributed by atoms with Gasteiger partial charge in [-0.1, -0.05) is 42.5 Å². The summed E-state index contributed by atoms with van der Waals surface area (Å²) in [4.78, 5) is 15.0. The Kier molecular flexibility index (Phi) is 6.70. The van der Waals surface area contributed by atoms with Crippen LogP contribution < -0.4 is 15.0 Å². The molecular weight excluding hydrogens is 436 g/mol. The van der Waals surface area contributed by atoms with Crippen molar-refractivity contribution in [2.75, 3.05) is 23.3 Å². The highest BCUT2D eigenvalue weighted by atomic mass is 16.5. The molecular formula is C29H28N4O2. The van der Waals surface area contributed by atoms with Crippen LogP contribution in [0.25, 0.3) is 11.3 Å². The summed E-state index contributed by atoms with van der Waals surface area (Å²) in [6.45, 7) is 3.63. The van der Waals surface area contributed by atoms with E-state index in [1.807, 2.05) is 78.9 Å². The number of rotatable bonds is 6. The minimum absolute atomic E-state index is 0.0225. The number of ether oxygens (including phenoxy) is 1. The fourth-order valence-electron chi connectivity index (χ4n) is 4.34. The highest BCUT2D eigenvalue weighted by Gasteiger charge is 2.26. The second kappa shape index (κ2) is 10.4. The number of aryl methyl sites for hydroxylation is 1. The maximum atomic E-state index is 12.8. The average molecular weight is 465 g/mol. The zero-order valence-corrected chi connectivity index (χ0v) is 19.7. The number of piperidine rings is 1. The third-order valence-electron chi connectivity index (χ3n) is 6.36. The van der Waals surface area contributed by atoms with Crippen molar-refractivity contribution in [2.24, 2.45) is 5.92 Å². The van der Waals surface area contributed by atoms with Gasteiger partial charge >= 0.3 is 0 Å². The van der Waals surface area contributed by atoms with Crippen molar-refractivity contribution < 1.29 is 9.53 Å². The molecule has 1 N–H and O–H groups in total. The quantitative estimate of drug-likeness (QED) is 0.373. The van der Waals surface area contributed by atoms with E-state index in [0.29, 0.717) is 0 Å². The Labute approximate surface area is 205 Å². The Morgan fingerprint density at radius 3 is 2.20 bits per heavy atom. The Morgan fingerprint density at radius 1 is 0.829 bits per heavy atom. The molecule has 1 amide bonds. The number of hydrogen-bond donors (Lipinski definition) is 1. The molecule has 0 saturated carbocycles. The molecule has 0 aliphatic carbocycles. The third-order valence-corrected chi connectivity index (χ3v) is 6.36. The summed E-state index contributed by atoms with van der Waals surface area (Å²) in [5.74, 6) is 2.41. The van der Waals surface area contributed by atoms with Crippen molar-refractivity contribution >= 4 is 17.4 Å². The first-order valence-electron chi connectivity index (χ1n) is 11.9. The Bertz CT molecular complexity index is 1270. The van der Waals surface area contributed by atoms with Crippen LogP contribution in [0.5, 0.6) is 11.5 Å². The van der Waals surface area contributed by atoms with Gasteiger partial charge in [-0.3, -0.25) is 4.79 Å². The van der Waals surface area contributed by atoms with Gasteiger partial charge in [-0.25, -0.2) is 0 Å². The summed E-state index contributed by atoms with van der Waals surface area (Å²) in [6.07, 6.45) is 1.56. The summed E-state index contributed by atoms with van der Waals surface area (Å²) in [7, 11) is 0. The van der Waals surface area contributed by atoms with Gasteiger partial charge < -0.3 is 15.0 Å². The van der Waals surface area contributed by atoms with E-state index < -0.39 is 0 Å². The minimum Gasteiger partial charge on any atom is -0.457 e. The number of hydrogen-bond acceptors (Lipinski definition) is 5. The highest BCUT2D eigenvalue weighted by Crippen LogP contribution is 2.27. The predicted molar refractivity (Wildman–Crippen MR) is 139 cm³/mol. The van der Waals surface area contributed by atoms with Crippen LogP contribution >= 0.6 is 0 Å². The normalized spacial score (nSPS) is 13.9. The SMILES string of the molecule is Cc1ccccc1-c1ccc(N2CCC(C(=O)Nc3ccc(Oc4ccccc4)cc3)CC2)nn1. The molecule has 1 saturated heterocycles. The van der Waals surface area contributed by atoms with Gasteiger partial charge in [0.1, 0.15) is 11.5 Å². The van der Waals surface area contributed by atoms with Crippen molar-refractivity contribution in [1.29, 1.82) is 0 Å². The molecule has 1 fully saturated rings. The summed E-state index contributed by atoms with van der Waals surface area (Å²) < 4.78 is 5.82. The lowest BCUT2D eigenvalue weighted by atomic mass is 9.95. The first-order valence-corrected chi connectivity index (χ1v) is 11.9. The monoisotopic (exact) mass is 464 g/mol. The van der Waals surface area contributed by atoms with E-state index in [0.717, 1.165) is 60.2 Å². The Morgan fingerprint density at radius 2 is 1.51 bits per heavy atom. The number of anilines is 2. The van der Waals surface area contributed by atoms with Gasteiger partial charge in [0.15, 0.2) is 5.82 Å². The van der Waals surface area contributed by atoms with Gasteiger partial charge in [0, 0.05) is 30.3 Å². The van der Waals surface area contributed by atoms with Crippen molar-refractivity contribution in [1.82, 2.24) is 10.2 Å². The lowest BCUT2D eigenvalue weighted by Crippen LogP contribution is -2.38. The number of nitrogens with one attached hydrogen (secondary N) is 1. The van der Waals surface area contributed by atoms with E-state index in [1.54, 1.807) is 0 Å². The molecule has 35 heavy (non-hydrogen) atoms. The second-order valence-corrected chi connectivity index (χ2v) is 8.78. The number of benzene rings is 3. The predicted octanol–water partition coefficient (Wildman–Crippen LogP) is 6.10. The molecule has 4 aromatic rings. The topological polar surface area (TPSA) is 67.4 Å². The standard InChI is InChI=1S/C29H28N4O2/c1-21-7-5-6-10-26(21)27-15-16-28(32-31-27)33-19-17-22(18-20-33)29(34)30-23-11-13-25(14-12-23)35-24-8-3-2-4-9-24/h2-16,22H,17-20H2,1H3,(H,30,34). The minimum atomic E-state index is -0.0225. The number of aromatic nitrogens is 2. The maximum absolute atomic E-state index is 12.8. The fourth-order valence-corrected chi connectivity index (χ4v) is 4.34. The molecule has 2 heterocycles. The molecule has 0 radical (unpaired) electrons. The zero-order valence-electron chi connectivity index (χ0n) is 19.7. The zero-order chi connectivity index (χ0) is 24.0. The van der Waals surface area contributed by atoms with Gasteiger partial charge in [-0.05, 0) is 73.9 Å². The molecule has 1 aliphatic rings. The fraction of sp³-hybridized carbons (Fsp3) is 0.207. The smallest absolute Gasteiger partial charge is 0.227 e. The largest absolute Gasteiger partial charge is 0.457 e. The molecule has 1 aromatic heterocycles. The Hall–Kier alpha value is -4.19. The molecule has 3 aromatic carbocycles. The maximum Gasteiger partial charge on any atom is 0.227 e. The van der Waals surface area contributed by atoms with E-state index in [4.69, 9.17) is 4.74 Å². The summed E-state index contributed by atoms with van der Waals surface area (Å²) in [6, 6.07) is 29.3. The van der Waals surface area contributed by atoms with E-state index in [1.165, 1.54) is 5.56 Å². The molecule has 6 nitrogen and oxygen atoms in total. The number of amides is 1. The van der Waals surface area contributed by atoms with E-state index in [9.17, 15) is 4.79 Å². The van der Waals surface area contributed by atoms with E-state index in [-0.39, 0.29) is 11.8 Å². The third kappa shape index (κ3) is 5.49. The van der Waals surface area contributed by atoms with Crippen LogP contribution in [0.15, 0.2) is 91.0 Å². The number of nitrogens with zero attached hydrogens (tertiary/aromatic N) is 3. The van der Waals surface area contributed by atoms with E-state index >= 15 is 0 Å². The van der Waals surface area contributed by atoms with Gasteiger partial charge in [0.25, 0.3) is 0 Å². The highest BCUT2D eigenvalue weighted by molar-refractivity contribution is 5.92. The first kappa shape index (κ1) is 22.6. The van der Waals surface area contributed by atoms with Crippen LogP contribution in [0, 0.1) is 12.8 Å². The van der Waals surface area contributed by atoms with Gasteiger partial charge in [-0.15, -0.1) is 10.2 Å². The van der Waals surface area contributed by atoms with Crippen LogP contribution in [0.3, 0.4) is 0 Å². The van der Waals surface area contributed by atoms with Crippen molar-refractivity contribution in [3.05, 3.63) is 96.6 Å². The summed E-state index contributed by atoms with van der Waals surface area (Å²) in [5, 5.41) is 12.0. The molecule has 0 spiro atoms. The van der Waals surface area contributed by atoms with Crippen LogP contribution in [-0.2, 0) is 4.79 Å². The first-order chi connectivity index (χ1) is 17.2. The van der Waals surface area contributed by atoms with Crippen molar-refractivity contribution in [3.8, 4) is 22.8 Å². The Balaban J connectivity index is 1.13. The second-order valence-electron chi connectivity index (χ2n) is 8.78. The van der Waals surface area contributed by atoms with E-state index in [2.05, 4.69) is 39.5 Å². The van der Waals surface area contributed by atoms with Gasteiger partial charge in [0.05, 0.1) is 5.69 Å². The molecule has 0 unspecified atom stereocenters. The number of carbonyl (C=O) groups excluding carboxylic acids is 1. The van der Waals surface area contributed by atoms with Crippen LogP contribution in [0.2, 0.25) is 0 Å². The number of para-hydroxylation sites is 1. The van der Waals surface area contributed by atoms with Gasteiger partial charge in [0.2, 0.25) is 5.91 Å². The van der Waals surface area contributed by atoms with Crippen molar-refractivity contribution in [3.63, 3.8) is 0 Å². The molecule has 0 atom stereocenters. The van der Waals surface area contributed by atoms with Crippen LogP contribution in [-0.4, -0.2) is 29.2 Å².